The lowest BCUT2D eigenvalue weighted by Crippen LogP contribution is -2.20. The molecule has 0 spiro atoms. The molecule has 1 unspecified atom stereocenters. The number of nitrogens with two attached hydrogens (primary N) is 1. The first-order valence-electron chi connectivity index (χ1n) is 3.15. The number of ether oxygens (including phenoxy) is 1. The molecule has 0 aliphatic rings. The van der Waals surface area contributed by atoms with Crippen molar-refractivity contribution in [1.29, 1.82) is 0 Å². The van der Waals surface area contributed by atoms with Crippen molar-refractivity contribution < 1.29 is 13.2 Å². The quantitative estimate of drug-likeness (QED) is 0.597. The molecule has 0 aromatic heterocycles. The zero-order chi connectivity index (χ0) is 8.91. The Labute approximate surface area is 67.1 Å². The Hall–Kier alpha value is -0.390. The van der Waals surface area contributed by atoms with Gasteiger partial charge in [0.15, 0.2) is 0 Å². The van der Waals surface area contributed by atoms with E-state index in [0.717, 1.165) is 0 Å². The van der Waals surface area contributed by atoms with E-state index in [1.807, 2.05) is 0 Å². The van der Waals surface area contributed by atoms with Crippen LogP contribution in [-0.4, -0.2) is 27.4 Å². The summed E-state index contributed by atoms with van der Waals surface area (Å²) in [7, 11) is -1.87. The lowest BCUT2D eigenvalue weighted by atomic mass is 10.3. The molecule has 0 saturated heterocycles. The van der Waals surface area contributed by atoms with E-state index >= 15 is 0 Å². The van der Waals surface area contributed by atoms with Gasteiger partial charge in [0, 0.05) is 7.11 Å². The number of rotatable bonds is 5. The summed E-state index contributed by atoms with van der Waals surface area (Å²) in [6, 6.07) is 0. The second kappa shape index (κ2) is 4.48. The minimum atomic E-state index is -3.37. The van der Waals surface area contributed by atoms with Crippen molar-refractivity contribution in [3.8, 4) is 0 Å². The van der Waals surface area contributed by atoms with Gasteiger partial charge in [-0.25, -0.2) is 13.6 Å². The molecular formula is C6H13NO3S. The van der Waals surface area contributed by atoms with Crippen LogP contribution in [0.3, 0.4) is 0 Å². The second-order valence-corrected chi connectivity index (χ2v) is 3.90. The van der Waals surface area contributed by atoms with Crippen molar-refractivity contribution in [2.75, 3.05) is 12.9 Å². The Morgan fingerprint density at radius 1 is 1.73 bits per heavy atom. The van der Waals surface area contributed by atoms with Crippen molar-refractivity contribution in [2.24, 2.45) is 5.14 Å². The highest BCUT2D eigenvalue weighted by Gasteiger charge is 2.07. The summed E-state index contributed by atoms with van der Waals surface area (Å²) in [5, 5.41) is 4.78. The van der Waals surface area contributed by atoms with Crippen molar-refractivity contribution in [2.45, 2.75) is 12.5 Å². The molecule has 2 N–H and O–H groups in total. The van der Waals surface area contributed by atoms with Gasteiger partial charge >= 0.3 is 0 Å². The molecule has 0 aromatic carbocycles. The van der Waals surface area contributed by atoms with Gasteiger partial charge in [-0.15, -0.1) is 6.58 Å². The minimum Gasteiger partial charge on any atom is -0.377 e. The normalized spacial score (nSPS) is 14.4. The van der Waals surface area contributed by atoms with E-state index in [9.17, 15) is 8.42 Å². The van der Waals surface area contributed by atoms with Gasteiger partial charge in [-0.05, 0) is 6.42 Å². The summed E-state index contributed by atoms with van der Waals surface area (Å²) < 4.78 is 25.8. The minimum absolute atomic E-state index is 0.0719. The largest absolute Gasteiger partial charge is 0.377 e. The van der Waals surface area contributed by atoms with Crippen molar-refractivity contribution in [1.82, 2.24) is 0 Å². The van der Waals surface area contributed by atoms with E-state index in [4.69, 9.17) is 9.88 Å². The van der Waals surface area contributed by atoms with Gasteiger partial charge in [0.05, 0.1) is 11.9 Å². The van der Waals surface area contributed by atoms with Gasteiger partial charge in [-0.1, -0.05) is 6.08 Å². The summed E-state index contributed by atoms with van der Waals surface area (Å²) in [5.74, 6) is -0.0719. The van der Waals surface area contributed by atoms with Crippen molar-refractivity contribution in [3.05, 3.63) is 12.7 Å². The molecule has 0 aliphatic carbocycles. The molecule has 11 heavy (non-hydrogen) atoms. The van der Waals surface area contributed by atoms with Crippen LogP contribution in [0.4, 0.5) is 0 Å². The van der Waals surface area contributed by atoms with Crippen LogP contribution in [0.1, 0.15) is 6.42 Å². The fourth-order valence-corrected chi connectivity index (χ4v) is 1.17. The van der Waals surface area contributed by atoms with Crippen LogP contribution in [0.2, 0.25) is 0 Å². The average Bonchev–Trinajstić information content (AvgIpc) is 1.88. The van der Waals surface area contributed by atoms with Gasteiger partial charge in [0.25, 0.3) is 0 Å². The molecule has 0 saturated carbocycles. The van der Waals surface area contributed by atoms with Crippen LogP contribution in [0.15, 0.2) is 12.7 Å². The highest BCUT2D eigenvalue weighted by molar-refractivity contribution is 7.89. The molecule has 0 radical (unpaired) electrons. The van der Waals surface area contributed by atoms with Crippen molar-refractivity contribution >= 4 is 10.0 Å². The molecule has 4 nitrogen and oxygen atoms in total. The number of hydrogen-bond donors (Lipinski definition) is 1. The first kappa shape index (κ1) is 10.6. The van der Waals surface area contributed by atoms with Gasteiger partial charge in [-0.3, -0.25) is 0 Å². The molecule has 5 heteroatoms. The number of hydrogen-bond acceptors (Lipinski definition) is 3. The molecule has 0 amide bonds. The summed E-state index contributed by atoms with van der Waals surface area (Å²) in [5.41, 5.74) is 0. The van der Waals surface area contributed by atoms with Gasteiger partial charge in [0.1, 0.15) is 0 Å². The van der Waals surface area contributed by atoms with E-state index < -0.39 is 10.0 Å². The monoisotopic (exact) mass is 179 g/mol. The van der Waals surface area contributed by atoms with E-state index in [1.165, 1.54) is 7.11 Å². The maximum atomic E-state index is 10.5. The molecule has 1 atom stereocenters. The number of primary sulfonamides is 1. The van der Waals surface area contributed by atoms with Crippen LogP contribution >= 0.6 is 0 Å². The standard InChI is InChI=1S/C6H13NO3S/c1-3-6(10-2)4-5-11(7,8)9/h3,6H,1,4-5H2,2H3,(H2,7,8,9). The molecular weight excluding hydrogens is 166 g/mol. The van der Waals surface area contributed by atoms with Crippen LogP contribution in [0, 0.1) is 0 Å². The van der Waals surface area contributed by atoms with Gasteiger partial charge in [-0.2, -0.15) is 0 Å². The smallest absolute Gasteiger partial charge is 0.209 e. The van der Waals surface area contributed by atoms with E-state index in [-0.39, 0.29) is 11.9 Å². The average molecular weight is 179 g/mol. The highest BCUT2D eigenvalue weighted by atomic mass is 32.2. The van der Waals surface area contributed by atoms with Crippen LogP contribution in [0.5, 0.6) is 0 Å². The Morgan fingerprint density at radius 2 is 2.27 bits per heavy atom. The second-order valence-electron chi connectivity index (χ2n) is 2.17. The molecule has 66 valence electrons. The molecule has 0 rings (SSSR count). The first-order chi connectivity index (χ1) is 4.99. The van der Waals surface area contributed by atoms with E-state index in [0.29, 0.717) is 6.42 Å². The Bertz CT molecular complexity index is 210. The Balaban J connectivity index is 3.78. The fraction of sp³-hybridized carbons (Fsp3) is 0.667. The number of sulfonamides is 1. The summed E-state index contributed by atoms with van der Waals surface area (Å²) >= 11 is 0. The zero-order valence-corrected chi connectivity index (χ0v) is 7.30. The lowest BCUT2D eigenvalue weighted by Gasteiger charge is -2.07. The summed E-state index contributed by atoms with van der Waals surface area (Å²) in [4.78, 5) is 0. The van der Waals surface area contributed by atoms with Crippen LogP contribution in [0.25, 0.3) is 0 Å². The van der Waals surface area contributed by atoms with Gasteiger partial charge in [0.2, 0.25) is 10.0 Å². The van der Waals surface area contributed by atoms with Crippen LogP contribution < -0.4 is 5.14 Å². The van der Waals surface area contributed by atoms with Crippen LogP contribution in [-0.2, 0) is 14.8 Å². The highest BCUT2D eigenvalue weighted by Crippen LogP contribution is 1.98. The maximum absolute atomic E-state index is 10.5. The molecule has 0 aliphatic heterocycles. The topological polar surface area (TPSA) is 69.4 Å². The van der Waals surface area contributed by atoms with Crippen molar-refractivity contribution in [3.63, 3.8) is 0 Å². The molecule has 0 aromatic rings. The fourth-order valence-electron chi connectivity index (χ4n) is 0.612. The molecule has 0 heterocycles. The summed E-state index contributed by atoms with van der Waals surface area (Å²) in [6.07, 6.45) is 1.68. The first-order valence-corrected chi connectivity index (χ1v) is 4.87. The van der Waals surface area contributed by atoms with Gasteiger partial charge < -0.3 is 4.74 Å². The Kier molecular flexibility index (Phi) is 4.32. The summed E-state index contributed by atoms with van der Waals surface area (Å²) in [6.45, 7) is 3.47. The number of methoxy groups -OCH3 is 1. The zero-order valence-electron chi connectivity index (χ0n) is 6.49. The van der Waals surface area contributed by atoms with E-state index in [1.54, 1.807) is 6.08 Å². The molecule has 0 fully saturated rings. The maximum Gasteiger partial charge on any atom is 0.209 e. The third-order valence-electron chi connectivity index (χ3n) is 1.25. The SMILES string of the molecule is C=CC(CCS(N)(=O)=O)OC. The predicted molar refractivity (Wildman–Crippen MR) is 43.6 cm³/mol. The molecule has 0 bridgehead atoms. The van der Waals surface area contributed by atoms with E-state index in [2.05, 4.69) is 6.58 Å². The third-order valence-corrected chi connectivity index (χ3v) is 2.06. The third kappa shape index (κ3) is 6.03. The predicted octanol–water partition coefficient (Wildman–Crippen LogP) is -0.134. The Morgan fingerprint density at radius 3 is 2.55 bits per heavy atom. The lowest BCUT2D eigenvalue weighted by molar-refractivity contribution is 0.139.